The number of hydrogen-bond donors (Lipinski definition) is 0. The highest BCUT2D eigenvalue weighted by atomic mass is 35.5. The van der Waals surface area contributed by atoms with Gasteiger partial charge in [-0.1, -0.05) is 41.9 Å². The summed E-state index contributed by atoms with van der Waals surface area (Å²) in [5.74, 6) is -0.123. The smallest absolute Gasteiger partial charge is 0.277 e. The Morgan fingerprint density at radius 2 is 1.77 bits per heavy atom. The van der Waals surface area contributed by atoms with E-state index in [9.17, 15) is 4.79 Å². The molecule has 22 heavy (non-hydrogen) atoms. The number of halogens is 1. The summed E-state index contributed by atoms with van der Waals surface area (Å²) < 4.78 is 0. The van der Waals surface area contributed by atoms with Crippen LogP contribution in [0.5, 0.6) is 0 Å². The predicted octanol–water partition coefficient (Wildman–Crippen LogP) is 4.74. The molecule has 2 aromatic carbocycles. The number of para-hydroxylation sites is 1. The second-order valence-corrected chi connectivity index (χ2v) is 6.04. The number of benzene rings is 2. The number of rotatable bonds is 3. The molecule has 0 atom stereocenters. The molecule has 0 saturated heterocycles. The number of anilines is 1. The molecule has 0 N–H and O–H groups in total. The Bertz CT molecular complexity index is 784. The van der Waals surface area contributed by atoms with E-state index in [1.807, 2.05) is 54.6 Å². The van der Waals surface area contributed by atoms with Crippen LogP contribution in [0.3, 0.4) is 0 Å². The first-order valence-electron chi connectivity index (χ1n) is 6.70. The second kappa shape index (κ2) is 6.30. The third-order valence-electron chi connectivity index (χ3n) is 3.26. The Morgan fingerprint density at radius 1 is 1.09 bits per heavy atom. The molecule has 5 heteroatoms. The number of carbonyl (C=O) groups is 1. The van der Waals surface area contributed by atoms with Crippen LogP contribution < -0.4 is 4.90 Å². The van der Waals surface area contributed by atoms with Gasteiger partial charge in [-0.05, 0) is 24.3 Å². The van der Waals surface area contributed by atoms with Gasteiger partial charge in [0.1, 0.15) is 10.7 Å². The lowest BCUT2D eigenvalue weighted by Crippen LogP contribution is -2.26. The number of hydrogen-bond acceptors (Lipinski definition) is 3. The van der Waals surface area contributed by atoms with E-state index in [0.29, 0.717) is 10.7 Å². The van der Waals surface area contributed by atoms with Crippen molar-refractivity contribution in [2.24, 2.45) is 0 Å². The fraction of sp³-hybridized carbons (Fsp3) is 0.0588. The minimum Gasteiger partial charge on any atom is -0.310 e. The molecule has 1 heterocycles. The van der Waals surface area contributed by atoms with Gasteiger partial charge in [0.15, 0.2) is 0 Å². The fourth-order valence-corrected chi connectivity index (χ4v) is 2.96. The van der Waals surface area contributed by atoms with Crippen molar-refractivity contribution in [3.8, 4) is 10.6 Å². The molecule has 1 amide bonds. The van der Waals surface area contributed by atoms with Crippen LogP contribution in [0.25, 0.3) is 10.6 Å². The summed E-state index contributed by atoms with van der Waals surface area (Å²) >= 11 is 7.33. The molecule has 3 nitrogen and oxygen atoms in total. The molecule has 0 radical (unpaired) electrons. The summed E-state index contributed by atoms with van der Waals surface area (Å²) in [7, 11) is 1.75. The topological polar surface area (TPSA) is 33.2 Å². The van der Waals surface area contributed by atoms with Crippen molar-refractivity contribution >= 4 is 34.5 Å². The van der Waals surface area contributed by atoms with Gasteiger partial charge in [0.2, 0.25) is 0 Å². The average Bonchev–Trinajstić information content (AvgIpc) is 3.05. The van der Waals surface area contributed by atoms with E-state index in [1.54, 1.807) is 17.3 Å². The van der Waals surface area contributed by atoms with Gasteiger partial charge in [-0.15, -0.1) is 11.3 Å². The Balaban J connectivity index is 1.84. The Labute approximate surface area is 137 Å². The first-order valence-corrected chi connectivity index (χ1v) is 7.95. The molecule has 1 aromatic heterocycles. The van der Waals surface area contributed by atoms with Crippen LogP contribution in [0.15, 0.2) is 60.0 Å². The molecule has 0 aliphatic rings. The van der Waals surface area contributed by atoms with Crippen LogP contribution in [0, 0.1) is 0 Å². The van der Waals surface area contributed by atoms with Gasteiger partial charge in [-0.3, -0.25) is 4.79 Å². The van der Waals surface area contributed by atoms with Crippen molar-refractivity contribution in [2.45, 2.75) is 0 Å². The molecule has 0 unspecified atom stereocenters. The number of carbonyl (C=O) groups excluding carboxylic acids is 1. The van der Waals surface area contributed by atoms with E-state index in [2.05, 4.69) is 4.98 Å². The van der Waals surface area contributed by atoms with Crippen molar-refractivity contribution in [3.05, 3.63) is 70.7 Å². The van der Waals surface area contributed by atoms with Crippen molar-refractivity contribution in [2.75, 3.05) is 11.9 Å². The van der Waals surface area contributed by atoms with Gasteiger partial charge in [-0.2, -0.15) is 0 Å². The van der Waals surface area contributed by atoms with Crippen LogP contribution in [0.1, 0.15) is 10.5 Å². The van der Waals surface area contributed by atoms with Gasteiger partial charge in [-0.25, -0.2) is 4.98 Å². The monoisotopic (exact) mass is 328 g/mol. The summed E-state index contributed by atoms with van der Waals surface area (Å²) in [4.78, 5) is 18.5. The highest BCUT2D eigenvalue weighted by Crippen LogP contribution is 2.26. The van der Waals surface area contributed by atoms with Crippen LogP contribution in [0.4, 0.5) is 5.69 Å². The van der Waals surface area contributed by atoms with Crippen molar-refractivity contribution in [1.82, 2.24) is 4.98 Å². The molecule has 0 fully saturated rings. The lowest BCUT2D eigenvalue weighted by atomic mass is 10.2. The maximum Gasteiger partial charge on any atom is 0.277 e. The standard InChI is InChI=1S/C17H13ClN2OS/c1-20(14-5-3-2-4-6-14)17(21)15-11-22-16(19-15)12-7-9-13(18)10-8-12/h2-11H,1H3. The minimum absolute atomic E-state index is 0.123. The maximum absolute atomic E-state index is 12.5. The Morgan fingerprint density at radius 3 is 2.45 bits per heavy atom. The number of nitrogens with zero attached hydrogens (tertiary/aromatic N) is 2. The van der Waals surface area contributed by atoms with Gasteiger partial charge in [0, 0.05) is 28.7 Å². The fourth-order valence-electron chi connectivity index (χ4n) is 2.04. The highest BCUT2D eigenvalue weighted by molar-refractivity contribution is 7.13. The molecular weight excluding hydrogens is 316 g/mol. The van der Waals surface area contributed by atoms with Crippen LogP contribution in [0.2, 0.25) is 5.02 Å². The predicted molar refractivity (Wildman–Crippen MR) is 91.7 cm³/mol. The quantitative estimate of drug-likeness (QED) is 0.695. The largest absolute Gasteiger partial charge is 0.310 e. The maximum atomic E-state index is 12.5. The Kier molecular flexibility index (Phi) is 4.22. The first kappa shape index (κ1) is 14.8. The number of aromatic nitrogens is 1. The van der Waals surface area contributed by atoms with E-state index in [-0.39, 0.29) is 5.91 Å². The molecule has 110 valence electrons. The minimum atomic E-state index is -0.123. The van der Waals surface area contributed by atoms with Crippen molar-refractivity contribution in [1.29, 1.82) is 0 Å². The third-order valence-corrected chi connectivity index (χ3v) is 4.41. The number of thiazole rings is 1. The molecule has 0 aliphatic carbocycles. The summed E-state index contributed by atoms with van der Waals surface area (Å²) in [6.45, 7) is 0. The molecule has 0 bridgehead atoms. The van der Waals surface area contributed by atoms with Crippen LogP contribution in [-0.2, 0) is 0 Å². The normalized spacial score (nSPS) is 10.5. The van der Waals surface area contributed by atoms with E-state index in [1.165, 1.54) is 11.3 Å². The summed E-state index contributed by atoms with van der Waals surface area (Å²) in [5, 5.41) is 3.27. The van der Waals surface area contributed by atoms with Crippen LogP contribution in [-0.4, -0.2) is 17.9 Å². The second-order valence-electron chi connectivity index (χ2n) is 4.74. The zero-order valence-corrected chi connectivity index (χ0v) is 13.4. The molecular formula is C17H13ClN2OS. The molecule has 0 spiro atoms. The van der Waals surface area contributed by atoms with Crippen LogP contribution >= 0.6 is 22.9 Å². The molecule has 3 aromatic rings. The summed E-state index contributed by atoms with van der Waals surface area (Å²) in [6, 6.07) is 16.9. The highest BCUT2D eigenvalue weighted by Gasteiger charge is 2.17. The van der Waals surface area contributed by atoms with E-state index >= 15 is 0 Å². The van der Waals surface area contributed by atoms with Crippen molar-refractivity contribution < 1.29 is 4.79 Å². The SMILES string of the molecule is CN(C(=O)c1csc(-c2ccc(Cl)cc2)n1)c1ccccc1. The zero-order valence-electron chi connectivity index (χ0n) is 11.9. The summed E-state index contributed by atoms with van der Waals surface area (Å²) in [6.07, 6.45) is 0. The summed E-state index contributed by atoms with van der Waals surface area (Å²) in [5.41, 5.74) is 2.24. The number of amides is 1. The zero-order chi connectivity index (χ0) is 15.5. The third kappa shape index (κ3) is 3.03. The van der Waals surface area contributed by atoms with Gasteiger partial charge in [0.05, 0.1) is 0 Å². The van der Waals surface area contributed by atoms with Crippen molar-refractivity contribution in [3.63, 3.8) is 0 Å². The Hall–Kier alpha value is -2.17. The van der Waals surface area contributed by atoms with E-state index in [4.69, 9.17) is 11.6 Å². The average molecular weight is 329 g/mol. The lowest BCUT2D eigenvalue weighted by Gasteiger charge is -2.15. The van der Waals surface area contributed by atoms with Gasteiger partial charge >= 0.3 is 0 Å². The van der Waals surface area contributed by atoms with E-state index in [0.717, 1.165) is 16.3 Å². The van der Waals surface area contributed by atoms with Gasteiger partial charge < -0.3 is 4.90 Å². The molecule has 3 rings (SSSR count). The molecule has 0 saturated carbocycles. The van der Waals surface area contributed by atoms with E-state index < -0.39 is 0 Å². The molecule has 0 aliphatic heterocycles. The first-order chi connectivity index (χ1) is 10.6. The van der Waals surface area contributed by atoms with Gasteiger partial charge in [0.25, 0.3) is 5.91 Å². The lowest BCUT2D eigenvalue weighted by molar-refractivity contribution is 0.0989.